The van der Waals surface area contributed by atoms with Gasteiger partial charge in [0.2, 0.25) is 0 Å². The second-order valence-electron chi connectivity index (χ2n) is 12.7. The van der Waals surface area contributed by atoms with Gasteiger partial charge in [-0.1, -0.05) is 153 Å². The molecule has 3 atom stereocenters. The Hall–Kier alpha value is -2.94. The molecule has 0 heterocycles. The Bertz CT molecular complexity index is 1180. The van der Waals surface area contributed by atoms with Crippen molar-refractivity contribution in [1.82, 2.24) is 0 Å². The highest BCUT2D eigenvalue weighted by molar-refractivity contribution is 5.35. The summed E-state index contributed by atoms with van der Waals surface area (Å²) in [7, 11) is 0. The van der Waals surface area contributed by atoms with Gasteiger partial charge < -0.3 is 10.2 Å². The molecule has 0 aromatic rings. The fourth-order valence-electron chi connectivity index (χ4n) is 5.02. The van der Waals surface area contributed by atoms with Crippen LogP contribution in [-0.2, 0) is 0 Å². The maximum Gasteiger partial charge on any atom is 0.0726 e. The van der Waals surface area contributed by atoms with Crippen LogP contribution in [0.2, 0.25) is 0 Å². The van der Waals surface area contributed by atoms with Crippen molar-refractivity contribution in [2.24, 2.45) is 16.7 Å². The van der Waals surface area contributed by atoms with E-state index in [1.807, 2.05) is 6.08 Å². The number of aliphatic hydroxyl groups is 2. The zero-order valence-corrected chi connectivity index (χ0v) is 26.1. The van der Waals surface area contributed by atoms with Gasteiger partial charge >= 0.3 is 0 Å². The number of aliphatic hydroxyl groups excluding tert-OH is 2. The first-order valence-corrected chi connectivity index (χ1v) is 14.6. The van der Waals surface area contributed by atoms with E-state index in [0.29, 0.717) is 5.92 Å². The van der Waals surface area contributed by atoms with Crippen LogP contribution in [0.15, 0.2) is 131 Å². The number of allylic oxidation sites excluding steroid dienone is 20. The van der Waals surface area contributed by atoms with Crippen LogP contribution in [0.4, 0.5) is 0 Å². The lowest BCUT2D eigenvalue weighted by atomic mass is 9.71. The largest absolute Gasteiger partial charge is 0.393 e. The summed E-state index contributed by atoms with van der Waals surface area (Å²) in [5.74, 6) is 0.339. The van der Waals surface area contributed by atoms with Crippen molar-refractivity contribution in [3.63, 3.8) is 0 Å². The molecule has 0 saturated heterocycles. The molecule has 0 aliphatic heterocycles. The van der Waals surface area contributed by atoms with Crippen molar-refractivity contribution < 1.29 is 10.2 Å². The molecular formula is C38H52O2. The average molecular weight is 541 g/mol. The number of hydrogen-bond donors (Lipinski definition) is 2. The summed E-state index contributed by atoms with van der Waals surface area (Å²) in [6.07, 6.45) is 37.8. The molecule has 0 amide bonds. The van der Waals surface area contributed by atoms with Crippen molar-refractivity contribution in [3.05, 3.63) is 131 Å². The van der Waals surface area contributed by atoms with E-state index in [9.17, 15) is 10.2 Å². The molecule has 0 fully saturated rings. The minimum absolute atomic E-state index is 0.0158. The predicted molar refractivity (Wildman–Crippen MR) is 175 cm³/mol. The van der Waals surface area contributed by atoms with Crippen LogP contribution in [0.3, 0.4) is 0 Å². The third-order valence-corrected chi connectivity index (χ3v) is 7.67. The molecule has 0 aromatic heterocycles. The average Bonchev–Trinajstić information content (AvgIpc) is 2.84. The van der Waals surface area contributed by atoms with Crippen molar-refractivity contribution >= 4 is 0 Å². The normalized spacial score (nSPS) is 26.8. The molecule has 0 bridgehead atoms. The molecule has 0 spiro atoms. The Kier molecular flexibility index (Phi) is 13.1. The number of rotatable bonds is 10. The van der Waals surface area contributed by atoms with Gasteiger partial charge in [-0.25, -0.2) is 0 Å². The van der Waals surface area contributed by atoms with Gasteiger partial charge in [-0.2, -0.15) is 0 Å². The van der Waals surface area contributed by atoms with Crippen LogP contribution >= 0.6 is 0 Å². The molecule has 2 heteroatoms. The highest BCUT2D eigenvalue weighted by atomic mass is 16.3. The van der Waals surface area contributed by atoms with Crippen molar-refractivity contribution in [1.29, 1.82) is 0 Å². The highest BCUT2D eigenvalue weighted by Crippen LogP contribution is 2.38. The molecule has 2 nitrogen and oxygen atoms in total. The molecule has 2 rings (SSSR count). The van der Waals surface area contributed by atoms with Crippen LogP contribution in [0.1, 0.15) is 74.7 Å². The first-order valence-electron chi connectivity index (χ1n) is 14.6. The maximum absolute atomic E-state index is 9.92. The zero-order valence-electron chi connectivity index (χ0n) is 26.1. The summed E-state index contributed by atoms with van der Waals surface area (Å²) in [5, 5.41) is 19.8. The van der Waals surface area contributed by atoms with Crippen LogP contribution in [0.25, 0.3) is 0 Å². The molecule has 1 unspecified atom stereocenters. The lowest BCUT2D eigenvalue weighted by molar-refractivity contribution is 0.121. The monoisotopic (exact) mass is 540 g/mol. The maximum atomic E-state index is 9.92. The topological polar surface area (TPSA) is 40.5 Å². The minimum atomic E-state index is -0.326. The third-order valence-electron chi connectivity index (χ3n) is 7.67. The van der Waals surface area contributed by atoms with Gasteiger partial charge in [-0.3, -0.25) is 0 Å². The summed E-state index contributed by atoms with van der Waals surface area (Å²) in [6.45, 7) is 17.2. The van der Waals surface area contributed by atoms with Gasteiger partial charge in [0.1, 0.15) is 0 Å². The smallest absolute Gasteiger partial charge is 0.0726 e. The third kappa shape index (κ3) is 12.1. The Morgan fingerprint density at radius 2 is 1.23 bits per heavy atom. The summed E-state index contributed by atoms with van der Waals surface area (Å²) >= 11 is 0. The molecule has 2 aliphatic carbocycles. The van der Waals surface area contributed by atoms with Gasteiger partial charge in [0.05, 0.1) is 12.2 Å². The van der Waals surface area contributed by atoms with E-state index in [2.05, 4.69) is 153 Å². The van der Waals surface area contributed by atoms with Crippen LogP contribution in [0.5, 0.6) is 0 Å². The molecule has 40 heavy (non-hydrogen) atoms. The standard InChI is InChI=1S/C38H52O2/c1-29(15-11-17-31(3)19-21-33-23-25-35(39)27-37(33,5)6)13-9-10-14-30(2)16-12-18-32(4)20-22-34-24-26-36(40)28-38(34,7)8/h9-25,33,35-36,39-40H,26-28H2,1-8H3/t33?,35-,36+/m1/s1. The van der Waals surface area contributed by atoms with E-state index in [-0.39, 0.29) is 23.0 Å². The van der Waals surface area contributed by atoms with Crippen LogP contribution < -0.4 is 0 Å². The highest BCUT2D eigenvalue weighted by Gasteiger charge is 2.31. The summed E-state index contributed by atoms with van der Waals surface area (Å²) in [4.78, 5) is 0. The van der Waals surface area contributed by atoms with E-state index in [4.69, 9.17) is 0 Å². The van der Waals surface area contributed by atoms with E-state index < -0.39 is 0 Å². The summed E-state index contributed by atoms with van der Waals surface area (Å²) in [5.41, 5.74) is 6.16. The minimum Gasteiger partial charge on any atom is -0.393 e. The van der Waals surface area contributed by atoms with E-state index in [1.54, 1.807) is 0 Å². The first-order chi connectivity index (χ1) is 18.8. The first kappa shape index (κ1) is 33.3. The van der Waals surface area contributed by atoms with E-state index in [1.165, 1.54) is 27.9 Å². The summed E-state index contributed by atoms with van der Waals surface area (Å²) < 4.78 is 0. The summed E-state index contributed by atoms with van der Waals surface area (Å²) in [6, 6.07) is 0. The fourth-order valence-corrected chi connectivity index (χ4v) is 5.02. The number of hydrogen-bond acceptors (Lipinski definition) is 2. The quantitative estimate of drug-likeness (QED) is 0.214. The van der Waals surface area contributed by atoms with Gasteiger partial charge in [-0.05, 0) is 63.4 Å². The Labute approximate surface area is 244 Å². The van der Waals surface area contributed by atoms with Gasteiger partial charge in [0.25, 0.3) is 0 Å². The molecular weight excluding hydrogens is 488 g/mol. The Balaban J connectivity index is 1.85. The Morgan fingerprint density at radius 3 is 1.77 bits per heavy atom. The molecule has 216 valence electrons. The Morgan fingerprint density at radius 1 is 0.700 bits per heavy atom. The zero-order chi connectivity index (χ0) is 29.8. The lowest BCUT2D eigenvalue weighted by Gasteiger charge is -2.35. The van der Waals surface area contributed by atoms with Gasteiger partial charge in [0, 0.05) is 5.92 Å². The molecule has 0 aromatic carbocycles. The van der Waals surface area contributed by atoms with Crippen molar-refractivity contribution in [2.75, 3.05) is 0 Å². The SMILES string of the molecule is CC(C=CC=C(C)C=CC1=CC[C@H](O)CC1(C)C)=CC=CC=C(C)C=CC=C(C)C=CC1C=C[C@@H](O)CC1(C)C. The van der Waals surface area contributed by atoms with Crippen LogP contribution in [-0.4, -0.2) is 22.4 Å². The lowest BCUT2D eigenvalue weighted by Crippen LogP contribution is -2.29. The van der Waals surface area contributed by atoms with Gasteiger partial charge in [0.15, 0.2) is 0 Å². The van der Waals surface area contributed by atoms with Crippen molar-refractivity contribution in [2.45, 2.75) is 86.9 Å². The fraction of sp³-hybridized carbons (Fsp3) is 0.421. The van der Waals surface area contributed by atoms with E-state index in [0.717, 1.165) is 19.3 Å². The molecule has 0 radical (unpaired) electrons. The van der Waals surface area contributed by atoms with Crippen LogP contribution in [0, 0.1) is 16.7 Å². The molecule has 2 N–H and O–H groups in total. The van der Waals surface area contributed by atoms with E-state index >= 15 is 0 Å². The second-order valence-corrected chi connectivity index (χ2v) is 12.7. The predicted octanol–water partition coefficient (Wildman–Crippen LogP) is 9.62. The molecule has 2 aliphatic rings. The second kappa shape index (κ2) is 15.7. The van der Waals surface area contributed by atoms with Gasteiger partial charge in [-0.15, -0.1) is 0 Å². The molecule has 0 saturated carbocycles. The van der Waals surface area contributed by atoms with Crippen molar-refractivity contribution in [3.8, 4) is 0 Å².